The standard InChI is InChI=1S/C14H20ClNO3/c1-9(2)7-14(3,19)8-16-13(18)11-6-10(15)4-5-12(11)17/h4-6,9,17,19H,7-8H2,1-3H3,(H,16,18). The fourth-order valence-corrected chi connectivity index (χ4v) is 2.18. The van der Waals surface area contributed by atoms with Crippen LogP contribution in [-0.2, 0) is 0 Å². The molecule has 0 saturated carbocycles. The second kappa shape index (κ2) is 6.26. The highest BCUT2D eigenvalue weighted by atomic mass is 35.5. The van der Waals surface area contributed by atoms with Gasteiger partial charge in [0.2, 0.25) is 0 Å². The topological polar surface area (TPSA) is 69.6 Å². The molecule has 5 heteroatoms. The summed E-state index contributed by atoms with van der Waals surface area (Å²) in [5.41, 5.74) is -0.870. The molecule has 3 N–H and O–H groups in total. The number of halogens is 1. The molecule has 1 unspecified atom stereocenters. The number of nitrogens with one attached hydrogen (secondary N) is 1. The Morgan fingerprint density at radius 3 is 2.68 bits per heavy atom. The minimum atomic E-state index is -0.974. The van der Waals surface area contributed by atoms with Gasteiger partial charge in [0.25, 0.3) is 5.91 Å². The molecule has 1 atom stereocenters. The number of carbonyl (C=O) groups is 1. The molecular formula is C14H20ClNO3. The van der Waals surface area contributed by atoms with Crippen molar-refractivity contribution in [2.24, 2.45) is 5.92 Å². The first kappa shape index (κ1) is 15.8. The number of phenols is 1. The van der Waals surface area contributed by atoms with Gasteiger partial charge in [-0.05, 0) is 37.5 Å². The number of benzene rings is 1. The average molecular weight is 286 g/mol. The molecule has 19 heavy (non-hydrogen) atoms. The van der Waals surface area contributed by atoms with Crippen molar-refractivity contribution in [2.45, 2.75) is 32.8 Å². The molecule has 0 spiro atoms. The van der Waals surface area contributed by atoms with Crippen LogP contribution in [0.3, 0.4) is 0 Å². The van der Waals surface area contributed by atoms with Gasteiger partial charge in [0, 0.05) is 11.6 Å². The molecule has 0 heterocycles. The lowest BCUT2D eigenvalue weighted by Gasteiger charge is -2.25. The zero-order valence-electron chi connectivity index (χ0n) is 11.4. The molecule has 0 bridgehead atoms. The summed E-state index contributed by atoms with van der Waals surface area (Å²) in [4.78, 5) is 11.9. The highest BCUT2D eigenvalue weighted by Crippen LogP contribution is 2.21. The van der Waals surface area contributed by atoms with Gasteiger partial charge in [0.15, 0.2) is 0 Å². The molecule has 0 aromatic heterocycles. The summed E-state index contributed by atoms with van der Waals surface area (Å²) < 4.78 is 0. The maximum absolute atomic E-state index is 11.9. The molecule has 1 aromatic rings. The van der Waals surface area contributed by atoms with Gasteiger partial charge in [0.1, 0.15) is 5.75 Å². The summed E-state index contributed by atoms with van der Waals surface area (Å²) in [6.45, 7) is 5.79. The van der Waals surface area contributed by atoms with Crippen LogP contribution in [0.15, 0.2) is 18.2 Å². The summed E-state index contributed by atoms with van der Waals surface area (Å²) in [6.07, 6.45) is 0.578. The summed E-state index contributed by atoms with van der Waals surface area (Å²) in [5.74, 6) is -0.263. The summed E-state index contributed by atoms with van der Waals surface area (Å²) in [5, 5.41) is 22.7. The third-order valence-electron chi connectivity index (χ3n) is 2.68. The number of aromatic hydroxyl groups is 1. The monoisotopic (exact) mass is 285 g/mol. The molecular weight excluding hydrogens is 266 g/mol. The maximum Gasteiger partial charge on any atom is 0.255 e. The fourth-order valence-electron chi connectivity index (χ4n) is 2.01. The predicted octanol–water partition coefficient (Wildman–Crippen LogP) is 2.57. The van der Waals surface area contributed by atoms with Crippen molar-refractivity contribution < 1.29 is 15.0 Å². The summed E-state index contributed by atoms with van der Waals surface area (Å²) >= 11 is 5.78. The minimum absolute atomic E-state index is 0.104. The first-order chi connectivity index (χ1) is 8.71. The van der Waals surface area contributed by atoms with Crippen molar-refractivity contribution >= 4 is 17.5 Å². The zero-order valence-corrected chi connectivity index (χ0v) is 12.2. The van der Waals surface area contributed by atoms with Crippen LogP contribution in [0, 0.1) is 5.92 Å². The van der Waals surface area contributed by atoms with Crippen LogP contribution in [0.25, 0.3) is 0 Å². The Hall–Kier alpha value is -1.26. The first-order valence-electron chi connectivity index (χ1n) is 6.20. The minimum Gasteiger partial charge on any atom is -0.507 e. The van der Waals surface area contributed by atoms with Crippen molar-refractivity contribution in [3.8, 4) is 5.75 Å². The van der Waals surface area contributed by atoms with Crippen molar-refractivity contribution in [1.29, 1.82) is 0 Å². The van der Waals surface area contributed by atoms with Gasteiger partial charge in [-0.25, -0.2) is 0 Å². The van der Waals surface area contributed by atoms with Crippen molar-refractivity contribution in [3.05, 3.63) is 28.8 Å². The van der Waals surface area contributed by atoms with Crippen molar-refractivity contribution in [2.75, 3.05) is 6.54 Å². The molecule has 1 amide bonds. The SMILES string of the molecule is CC(C)CC(C)(O)CNC(=O)c1cc(Cl)ccc1O. The van der Waals surface area contributed by atoms with E-state index in [-0.39, 0.29) is 17.9 Å². The van der Waals surface area contributed by atoms with E-state index in [4.69, 9.17) is 11.6 Å². The molecule has 1 rings (SSSR count). The lowest BCUT2D eigenvalue weighted by atomic mass is 9.94. The van der Waals surface area contributed by atoms with Gasteiger partial charge in [-0.2, -0.15) is 0 Å². The van der Waals surface area contributed by atoms with Crippen LogP contribution in [0.4, 0.5) is 0 Å². The molecule has 0 fully saturated rings. The van der Waals surface area contributed by atoms with Crippen LogP contribution in [-0.4, -0.2) is 28.3 Å². The van der Waals surface area contributed by atoms with E-state index in [0.29, 0.717) is 17.4 Å². The number of carbonyl (C=O) groups excluding carboxylic acids is 1. The molecule has 0 aliphatic carbocycles. The Kier molecular flexibility index (Phi) is 5.20. The molecule has 0 aliphatic heterocycles. The third kappa shape index (κ3) is 5.09. The number of phenolic OH excluding ortho intramolecular Hbond substituents is 1. The van der Waals surface area contributed by atoms with Gasteiger partial charge < -0.3 is 15.5 Å². The third-order valence-corrected chi connectivity index (χ3v) is 2.92. The van der Waals surface area contributed by atoms with Gasteiger partial charge in [0.05, 0.1) is 11.2 Å². The number of aliphatic hydroxyl groups is 1. The van der Waals surface area contributed by atoms with E-state index >= 15 is 0 Å². The second-order valence-electron chi connectivity index (χ2n) is 5.44. The number of amides is 1. The molecule has 1 aromatic carbocycles. The lowest BCUT2D eigenvalue weighted by Crippen LogP contribution is -2.41. The van der Waals surface area contributed by atoms with Crippen molar-refractivity contribution in [3.63, 3.8) is 0 Å². The molecule has 0 saturated heterocycles. The fraction of sp³-hybridized carbons (Fsp3) is 0.500. The second-order valence-corrected chi connectivity index (χ2v) is 5.88. The van der Waals surface area contributed by atoms with Gasteiger partial charge in [-0.3, -0.25) is 4.79 Å². The van der Waals surface area contributed by atoms with Crippen molar-refractivity contribution in [1.82, 2.24) is 5.32 Å². The first-order valence-corrected chi connectivity index (χ1v) is 6.58. The van der Waals surface area contributed by atoms with E-state index in [1.165, 1.54) is 18.2 Å². The van der Waals surface area contributed by atoms with E-state index in [2.05, 4.69) is 5.32 Å². The Bertz CT molecular complexity index is 458. The Morgan fingerprint density at radius 1 is 1.47 bits per heavy atom. The van der Waals surface area contributed by atoms with Gasteiger partial charge in [-0.1, -0.05) is 25.4 Å². The summed E-state index contributed by atoms with van der Waals surface area (Å²) in [7, 11) is 0. The number of hydrogen-bond acceptors (Lipinski definition) is 3. The maximum atomic E-state index is 11.9. The molecule has 0 radical (unpaired) electrons. The molecule has 106 valence electrons. The van der Waals surface area contributed by atoms with Crippen LogP contribution in [0.5, 0.6) is 5.75 Å². The van der Waals surface area contributed by atoms with Crippen LogP contribution in [0.2, 0.25) is 5.02 Å². The van der Waals surface area contributed by atoms with Gasteiger partial charge in [-0.15, -0.1) is 0 Å². The Morgan fingerprint density at radius 2 is 2.11 bits per heavy atom. The molecule has 4 nitrogen and oxygen atoms in total. The van der Waals surface area contributed by atoms with E-state index in [9.17, 15) is 15.0 Å². The smallest absolute Gasteiger partial charge is 0.255 e. The van der Waals surface area contributed by atoms with E-state index < -0.39 is 11.5 Å². The van der Waals surface area contributed by atoms with E-state index in [1.807, 2.05) is 13.8 Å². The normalized spacial score (nSPS) is 14.2. The van der Waals surface area contributed by atoms with Crippen LogP contribution >= 0.6 is 11.6 Å². The lowest BCUT2D eigenvalue weighted by molar-refractivity contribution is 0.0368. The summed E-state index contributed by atoms with van der Waals surface area (Å²) in [6, 6.07) is 4.26. The Balaban J connectivity index is 2.68. The van der Waals surface area contributed by atoms with E-state index in [0.717, 1.165) is 0 Å². The quantitative estimate of drug-likeness (QED) is 0.779. The zero-order chi connectivity index (χ0) is 14.6. The highest BCUT2D eigenvalue weighted by molar-refractivity contribution is 6.31. The van der Waals surface area contributed by atoms with E-state index in [1.54, 1.807) is 6.92 Å². The number of hydrogen-bond donors (Lipinski definition) is 3. The van der Waals surface area contributed by atoms with Gasteiger partial charge >= 0.3 is 0 Å². The predicted molar refractivity (Wildman–Crippen MR) is 75.5 cm³/mol. The average Bonchev–Trinajstić information content (AvgIpc) is 2.27. The van der Waals surface area contributed by atoms with Crippen LogP contribution in [0.1, 0.15) is 37.6 Å². The van der Waals surface area contributed by atoms with Crippen LogP contribution < -0.4 is 5.32 Å². The largest absolute Gasteiger partial charge is 0.507 e. The molecule has 0 aliphatic rings. The Labute approximate surface area is 118 Å². The highest BCUT2D eigenvalue weighted by Gasteiger charge is 2.23. The number of rotatable bonds is 5.